The van der Waals surface area contributed by atoms with Gasteiger partial charge in [0.15, 0.2) is 23.7 Å². The molecule has 180 valence electrons. The largest absolute Gasteiger partial charge is 0.454 e. The normalized spacial score (nSPS) is 18.1. The molecule has 2 aromatic rings. The third-order valence-electron chi connectivity index (χ3n) is 6.65. The molecule has 2 aliphatic rings. The Labute approximate surface area is 197 Å². The van der Waals surface area contributed by atoms with Crippen LogP contribution >= 0.6 is 0 Å². The van der Waals surface area contributed by atoms with Gasteiger partial charge in [0.05, 0.1) is 5.41 Å². The van der Waals surface area contributed by atoms with Crippen LogP contribution in [0.1, 0.15) is 30.9 Å². The van der Waals surface area contributed by atoms with Crippen molar-refractivity contribution in [3.63, 3.8) is 0 Å². The first-order valence-corrected chi connectivity index (χ1v) is 11.2. The third kappa shape index (κ3) is 4.62. The Morgan fingerprint density at radius 2 is 1.68 bits per heavy atom. The number of hydrogen-bond acceptors (Lipinski definition) is 7. The van der Waals surface area contributed by atoms with Gasteiger partial charge in [0, 0.05) is 19.6 Å². The van der Waals surface area contributed by atoms with Gasteiger partial charge >= 0.3 is 0 Å². The van der Waals surface area contributed by atoms with E-state index < -0.39 is 29.4 Å². The van der Waals surface area contributed by atoms with Crippen LogP contribution in [0.4, 0.5) is 0 Å². The van der Waals surface area contributed by atoms with Gasteiger partial charge in [-0.25, -0.2) is 0 Å². The Morgan fingerprint density at radius 3 is 2.35 bits per heavy atom. The number of amides is 2. The highest BCUT2D eigenvalue weighted by atomic mass is 16.7. The van der Waals surface area contributed by atoms with Crippen molar-refractivity contribution in [1.82, 2.24) is 10.2 Å². The van der Waals surface area contributed by atoms with Crippen molar-refractivity contribution in [3.8, 4) is 11.5 Å². The van der Waals surface area contributed by atoms with Crippen molar-refractivity contribution in [2.75, 3.05) is 19.9 Å². The Bertz CT molecular complexity index is 1060. The molecule has 2 atom stereocenters. The number of carbonyl (C=O) groups excluding carboxylic acids is 3. The van der Waals surface area contributed by atoms with Crippen LogP contribution in [0.5, 0.6) is 11.5 Å². The zero-order valence-corrected chi connectivity index (χ0v) is 18.9. The number of likely N-dealkylation sites (tertiary alicyclic amines) is 1. The fourth-order valence-corrected chi connectivity index (χ4v) is 4.52. The molecule has 3 N–H and O–H groups in total. The minimum Gasteiger partial charge on any atom is -0.454 e. The van der Waals surface area contributed by atoms with Gasteiger partial charge < -0.3 is 29.9 Å². The van der Waals surface area contributed by atoms with E-state index in [1.165, 1.54) is 4.90 Å². The summed E-state index contributed by atoms with van der Waals surface area (Å²) in [5.41, 5.74) is 0.921. The van der Waals surface area contributed by atoms with Crippen molar-refractivity contribution in [1.29, 1.82) is 0 Å². The van der Waals surface area contributed by atoms with Crippen LogP contribution in [-0.4, -0.2) is 64.8 Å². The van der Waals surface area contributed by atoms with E-state index >= 15 is 0 Å². The summed E-state index contributed by atoms with van der Waals surface area (Å²) in [6.07, 6.45) is -3.03. The lowest BCUT2D eigenvalue weighted by atomic mass is 9.70. The van der Waals surface area contributed by atoms with Crippen LogP contribution < -0.4 is 14.8 Å². The molecule has 1 fully saturated rings. The molecule has 0 spiro atoms. The van der Waals surface area contributed by atoms with Gasteiger partial charge in [-0.3, -0.25) is 14.4 Å². The number of aliphatic hydroxyl groups excluding tert-OH is 2. The van der Waals surface area contributed by atoms with E-state index in [9.17, 15) is 24.6 Å². The van der Waals surface area contributed by atoms with Crippen LogP contribution in [0.3, 0.4) is 0 Å². The predicted octanol–water partition coefficient (Wildman–Crippen LogP) is 0.903. The molecule has 2 aromatic carbocycles. The van der Waals surface area contributed by atoms with E-state index in [0.29, 0.717) is 29.9 Å². The number of piperidine rings is 1. The van der Waals surface area contributed by atoms with Gasteiger partial charge in [0.1, 0.15) is 5.78 Å². The van der Waals surface area contributed by atoms with Gasteiger partial charge in [-0.15, -0.1) is 0 Å². The van der Waals surface area contributed by atoms with Gasteiger partial charge in [-0.1, -0.05) is 36.4 Å². The molecule has 9 heteroatoms. The Hall–Kier alpha value is -3.43. The van der Waals surface area contributed by atoms with Gasteiger partial charge in [-0.2, -0.15) is 0 Å². The molecule has 0 bridgehead atoms. The van der Waals surface area contributed by atoms with Crippen molar-refractivity contribution in [3.05, 3.63) is 59.7 Å². The highest BCUT2D eigenvalue weighted by Crippen LogP contribution is 2.37. The maximum atomic E-state index is 12.8. The SMILES string of the molecule is CC(=O)C1(c2ccccc2)CCN(C(=O)C(O)[C@@H](O)C(=O)NCc2ccc3c(c2)OCO3)CC1. The first kappa shape index (κ1) is 23.7. The lowest BCUT2D eigenvalue weighted by molar-refractivity contribution is -0.154. The molecule has 1 unspecified atom stereocenters. The number of nitrogens with one attached hydrogen (secondary N) is 1. The summed E-state index contributed by atoms with van der Waals surface area (Å²) in [6.45, 7) is 2.22. The van der Waals surface area contributed by atoms with Crippen LogP contribution in [0.2, 0.25) is 0 Å². The number of benzene rings is 2. The highest BCUT2D eigenvalue weighted by molar-refractivity contribution is 5.91. The van der Waals surface area contributed by atoms with Crippen molar-refractivity contribution >= 4 is 17.6 Å². The maximum Gasteiger partial charge on any atom is 0.254 e. The average Bonchev–Trinajstić information content (AvgIpc) is 3.34. The van der Waals surface area contributed by atoms with E-state index in [1.54, 1.807) is 25.1 Å². The monoisotopic (exact) mass is 468 g/mol. The molecule has 34 heavy (non-hydrogen) atoms. The summed E-state index contributed by atoms with van der Waals surface area (Å²) >= 11 is 0. The molecule has 0 aliphatic carbocycles. The van der Waals surface area contributed by atoms with Crippen molar-refractivity contribution < 1.29 is 34.1 Å². The number of hydrogen-bond donors (Lipinski definition) is 3. The first-order valence-electron chi connectivity index (χ1n) is 11.2. The molecular formula is C25H28N2O7. The summed E-state index contributed by atoms with van der Waals surface area (Å²) < 4.78 is 10.5. The minimum absolute atomic E-state index is 0.0225. The summed E-state index contributed by atoms with van der Waals surface area (Å²) in [6, 6.07) is 14.6. The minimum atomic E-state index is -1.92. The second kappa shape index (κ2) is 9.82. The molecule has 2 aliphatic heterocycles. The molecule has 2 amide bonds. The topological polar surface area (TPSA) is 125 Å². The van der Waals surface area contributed by atoms with E-state index in [-0.39, 0.29) is 32.2 Å². The number of ketones is 1. The number of fused-ring (bicyclic) bond motifs is 1. The molecule has 4 rings (SSSR count). The van der Waals surface area contributed by atoms with Crippen LogP contribution in [0, 0.1) is 0 Å². The standard InChI is InChI=1S/C25H28N2O7/c1-16(28)25(18-5-3-2-4-6-18)9-11-27(12-10-25)24(32)22(30)21(29)23(31)26-14-17-7-8-19-20(13-17)34-15-33-19/h2-8,13,21-22,29-30H,9-12,14-15H2,1H3,(H,26,31)/t21-,22?/m1/s1. The lowest BCUT2D eigenvalue weighted by Gasteiger charge is -2.41. The highest BCUT2D eigenvalue weighted by Gasteiger charge is 2.43. The summed E-state index contributed by atoms with van der Waals surface area (Å²) in [5.74, 6) is -0.411. The van der Waals surface area contributed by atoms with E-state index in [0.717, 1.165) is 5.56 Å². The number of Topliss-reactive ketones (excluding diaryl/α,β-unsaturated/α-hetero) is 1. The molecular weight excluding hydrogens is 440 g/mol. The molecule has 9 nitrogen and oxygen atoms in total. The van der Waals surface area contributed by atoms with E-state index in [1.807, 2.05) is 30.3 Å². The smallest absolute Gasteiger partial charge is 0.254 e. The molecule has 0 aromatic heterocycles. The summed E-state index contributed by atoms with van der Waals surface area (Å²) in [7, 11) is 0. The fourth-order valence-electron chi connectivity index (χ4n) is 4.52. The second-order valence-electron chi connectivity index (χ2n) is 8.62. The van der Waals surface area contributed by atoms with Crippen molar-refractivity contribution in [2.45, 2.75) is 43.9 Å². The number of rotatable bonds is 7. The number of nitrogens with zero attached hydrogens (tertiary/aromatic N) is 1. The predicted molar refractivity (Wildman–Crippen MR) is 121 cm³/mol. The van der Waals surface area contributed by atoms with E-state index in [4.69, 9.17) is 9.47 Å². The molecule has 2 heterocycles. The quantitative estimate of drug-likeness (QED) is 0.551. The van der Waals surface area contributed by atoms with Crippen LogP contribution in [-0.2, 0) is 26.3 Å². The fraction of sp³-hybridized carbons (Fsp3) is 0.400. The summed E-state index contributed by atoms with van der Waals surface area (Å²) in [4.78, 5) is 39.1. The van der Waals surface area contributed by atoms with Crippen molar-refractivity contribution in [2.24, 2.45) is 0 Å². The average molecular weight is 469 g/mol. The number of carbonyl (C=O) groups is 3. The number of ether oxygens (including phenoxy) is 2. The Morgan fingerprint density at radius 1 is 1.00 bits per heavy atom. The maximum absolute atomic E-state index is 12.8. The summed E-state index contributed by atoms with van der Waals surface area (Å²) in [5, 5.41) is 23.2. The van der Waals surface area contributed by atoms with Crippen LogP contribution in [0.15, 0.2) is 48.5 Å². The third-order valence-corrected chi connectivity index (χ3v) is 6.65. The Kier molecular flexibility index (Phi) is 6.85. The van der Waals surface area contributed by atoms with E-state index in [2.05, 4.69) is 5.32 Å². The molecule has 0 radical (unpaired) electrons. The van der Waals surface area contributed by atoms with Crippen LogP contribution in [0.25, 0.3) is 0 Å². The first-order chi connectivity index (χ1) is 16.3. The zero-order chi connectivity index (χ0) is 24.3. The van der Waals surface area contributed by atoms with Gasteiger partial charge in [-0.05, 0) is 43.0 Å². The van der Waals surface area contributed by atoms with Gasteiger partial charge in [0.2, 0.25) is 6.79 Å². The van der Waals surface area contributed by atoms with Gasteiger partial charge in [0.25, 0.3) is 11.8 Å². The lowest BCUT2D eigenvalue weighted by Crippen LogP contribution is -2.54. The number of aliphatic hydroxyl groups is 2. The molecule has 1 saturated heterocycles. The second-order valence-corrected chi connectivity index (χ2v) is 8.62. The Balaban J connectivity index is 1.33. The zero-order valence-electron chi connectivity index (χ0n) is 18.9. The molecule has 0 saturated carbocycles.